The minimum absolute atomic E-state index is 0.0143. The van der Waals surface area contributed by atoms with Gasteiger partial charge >= 0.3 is 0 Å². The Morgan fingerprint density at radius 3 is 2.56 bits per heavy atom. The Labute approximate surface area is 156 Å². The van der Waals surface area contributed by atoms with Crippen LogP contribution in [0.25, 0.3) is 0 Å². The van der Waals surface area contributed by atoms with Gasteiger partial charge in [-0.15, -0.1) is 23.1 Å². The van der Waals surface area contributed by atoms with Crippen LogP contribution in [0.5, 0.6) is 0 Å². The molecule has 1 saturated heterocycles. The van der Waals surface area contributed by atoms with E-state index in [4.69, 9.17) is 0 Å². The molecule has 0 aliphatic carbocycles. The number of benzene rings is 1. The Morgan fingerprint density at radius 1 is 1.12 bits per heavy atom. The van der Waals surface area contributed by atoms with Gasteiger partial charge in [-0.2, -0.15) is 0 Å². The number of carbonyl (C=O) groups is 2. The van der Waals surface area contributed by atoms with E-state index < -0.39 is 0 Å². The molecular weight excluding hydrogens is 354 g/mol. The lowest BCUT2D eigenvalue weighted by Crippen LogP contribution is -2.50. The first kappa shape index (κ1) is 18.0. The molecule has 1 fully saturated rings. The molecule has 5 nitrogen and oxygen atoms in total. The normalized spacial score (nSPS) is 15.2. The number of anilines is 1. The van der Waals surface area contributed by atoms with E-state index >= 15 is 0 Å². The summed E-state index contributed by atoms with van der Waals surface area (Å²) < 4.78 is 0. The lowest BCUT2D eigenvalue weighted by Gasteiger charge is -2.34. The molecule has 7 heteroatoms. The van der Waals surface area contributed by atoms with Crippen LogP contribution < -0.4 is 5.32 Å². The molecule has 1 aliphatic heterocycles. The van der Waals surface area contributed by atoms with Gasteiger partial charge in [0.1, 0.15) is 0 Å². The van der Waals surface area contributed by atoms with Crippen molar-refractivity contribution in [2.24, 2.45) is 0 Å². The number of rotatable bonds is 5. The molecule has 0 saturated carbocycles. The maximum atomic E-state index is 12.3. The summed E-state index contributed by atoms with van der Waals surface area (Å²) in [5, 5.41) is 4.90. The van der Waals surface area contributed by atoms with E-state index in [1.54, 1.807) is 11.8 Å². The van der Waals surface area contributed by atoms with Crippen molar-refractivity contribution in [2.75, 3.05) is 44.3 Å². The number of piperazine rings is 1. The molecule has 2 amide bonds. The highest BCUT2D eigenvalue weighted by Gasteiger charge is 2.23. The lowest BCUT2D eigenvalue weighted by atomic mass is 10.2. The third kappa shape index (κ3) is 4.62. The predicted octanol–water partition coefficient (Wildman–Crippen LogP) is 2.87. The Bertz CT molecular complexity index is 726. The summed E-state index contributed by atoms with van der Waals surface area (Å²) >= 11 is 3.08. The zero-order valence-electron chi connectivity index (χ0n) is 14.1. The second kappa shape index (κ2) is 8.51. The van der Waals surface area contributed by atoms with Crippen molar-refractivity contribution in [3.8, 4) is 0 Å². The van der Waals surface area contributed by atoms with Crippen molar-refractivity contribution in [1.82, 2.24) is 9.80 Å². The van der Waals surface area contributed by atoms with Gasteiger partial charge in [0, 0.05) is 31.1 Å². The highest BCUT2D eigenvalue weighted by Crippen LogP contribution is 2.24. The third-order valence-corrected chi connectivity index (χ3v) is 5.79. The van der Waals surface area contributed by atoms with Crippen molar-refractivity contribution in [3.05, 3.63) is 46.7 Å². The van der Waals surface area contributed by atoms with Crippen LogP contribution in [-0.4, -0.2) is 60.6 Å². The molecular formula is C18H21N3O2S2. The van der Waals surface area contributed by atoms with Gasteiger partial charge in [0.2, 0.25) is 5.91 Å². The van der Waals surface area contributed by atoms with Gasteiger partial charge in [-0.1, -0.05) is 18.2 Å². The summed E-state index contributed by atoms with van der Waals surface area (Å²) in [5.41, 5.74) is 0.853. The van der Waals surface area contributed by atoms with Gasteiger partial charge in [0.25, 0.3) is 5.91 Å². The zero-order valence-corrected chi connectivity index (χ0v) is 15.7. The fraction of sp³-hybridized carbons (Fsp3) is 0.333. The van der Waals surface area contributed by atoms with E-state index in [0.717, 1.165) is 15.5 Å². The van der Waals surface area contributed by atoms with Crippen LogP contribution in [0.1, 0.15) is 9.67 Å². The standard InChI is InChI=1S/C18H21N3O2S2/c1-24-15-6-3-2-5-14(15)19-17(22)13-20-8-10-21(11-9-20)18(23)16-7-4-12-25-16/h2-7,12H,8-11,13H2,1H3,(H,19,22). The zero-order chi connectivity index (χ0) is 17.6. The highest BCUT2D eigenvalue weighted by molar-refractivity contribution is 7.98. The van der Waals surface area contributed by atoms with Gasteiger partial charge in [0.05, 0.1) is 17.1 Å². The summed E-state index contributed by atoms with van der Waals surface area (Å²) in [5.74, 6) is 0.0764. The molecule has 1 aromatic heterocycles. The molecule has 3 rings (SSSR count). The monoisotopic (exact) mass is 375 g/mol. The van der Waals surface area contributed by atoms with Crippen LogP contribution in [0, 0.1) is 0 Å². The van der Waals surface area contributed by atoms with E-state index in [1.165, 1.54) is 11.3 Å². The molecule has 1 aromatic carbocycles. The minimum Gasteiger partial charge on any atom is -0.335 e. The fourth-order valence-electron chi connectivity index (χ4n) is 2.81. The summed E-state index contributed by atoms with van der Waals surface area (Å²) in [7, 11) is 0. The van der Waals surface area contributed by atoms with Crippen LogP contribution in [0.2, 0.25) is 0 Å². The van der Waals surface area contributed by atoms with Gasteiger partial charge in [-0.3, -0.25) is 14.5 Å². The average Bonchev–Trinajstić information content (AvgIpc) is 3.17. The topological polar surface area (TPSA) is 52.7 Å². The summed E-state index contributed by atoms with van der Waals surface area (Å²) in [4.78, 5) is 30.4. The summed E-state index contributed by atoms with van der Waals surface area (Å²) in [6.07, 6.45) is 1.99. The second-order valence-electron chi connectivity index (χ2n) is 5.79. The number of thiophene rings is 1. The van der Waals surface area contributed by atoms with Crippen molar-refractivity contribution in [2.45, 2.75) is 4.90 Å². The maximum Gasteiger partial charge on any atom is 0.264 e. The molecule has 25 heavy (non-hydrogen) atoms. The molecule has 1 aliphatic rings. The molecule has 0 bridgehead atoms. The molecule has 0 spiro atoms. The molecule has 2 heterocycles. The maximum absolute atomic E-state index is 12.3. The van der Waals surface area contributed by atoms with Crippen LogP contribution in [0.3, 0.4) is 0 Å². The van der Waals surface area contributed by atoms with Gasteiger partial charge in [-0.05, 0) is 29.8 Å². The van der Waals surface area contributed by atoms with Gasteiger partial charge in [0.15, 0.2) is 0 Å². The Hall–Kier alpha value is -1.83. The number of carbonyl (C=O) groups excluding carboxylic acids is 2. The molecule has 0 radical (unpaired) electrons. The first-order chi connectivity index (χ1) is 12.2. The number of nitrogens with zero attached hydrogens (tertiary/aromatic N) is 2. The third-order valence-electron chi connectivity index (χ3n) is 4.14. The Morgan fingerprint density at radius 2 is 1.88 bits per heavy atom. The number of hydrogen-bond acceptors (Lipinski definition) is 5. The predicted molar refractivity (Wildman–Crippen MR) is 104 cm³/mol. The average molecular weight is 376 g/mol. The van der Waals surface area contributed by atoms with Crippen molar-refractivity contribution >= 4 is 40.6 Å². The SMILES string of the molecule is CSc1ccccc1NC(=O)CN1CCN(C(=O)c2cccs2)CC1. The number of nitrogens with one attached hydrogen (secondary N) is 1. The number of thioether (sulfide) groups is 1. The number of hydrogen-bond donors (Lipinski definition) is 1. The first-order valence-corrected chi connectivity index (χ1v) is 10.3. The molecule has 0 atom stereocenters. The summed E-state index contributed by atoms with van der Waals surface area (Å²) in [6.45, 7) is 3.10. The number of para-hydroxylation sites is 1. The van der Waals surface area contributed by atoms with E-state index in [-0.39, 0.29) is 11.8 Å². The second-order valence-corrected chi connectivity index (χ2v) is 7.59. The first-order valence-electron chi connectivity index (χ1n) is 8.15. The van der Waals surface area contributed by atoms with E-state index in [2.05, 4.69) is 10.2 Å². The van der Waals surface area contributed by atoms with Crippen LogP contribution >= 0.6 is 23.1 Å². The van der Waals surface area contributed by atoms with Crippen LogP contribution in [-0.2, 0) is 4.79 Å². The van der Waals surface area contributed by atoms with Crippen LogP contribution in [0.4, 0.5) is 5.69 Å². The number of amides is 2. The molecule has 2 aromatic rings. The fourth-order valence-corrected chi connectivity index (χ4v) is 4.05. The molecule has 1 N–H and O–H groups in total. The van der Waals surface area contributed by atoms with E-state index in [0.29, 0.717) is 32.7 Å². The van der Waals surface area contributed by atoms with Crippen molar-refractivity contribution in [1.29, 1.82) is 0 Å². The van der Waals surface area contributed by atoms with Crippen LogP contribution in [0.15, 0.2) is 46.7 Å². The lowest BCUT2D eigenvalue weighted by molar-refractivity contribution is -0.117. The Kier molecular flexibility index (Phi) is 6.12. The van der Waals surface area contributed by atoms with Crippen molar-refractivity contribution in [3.63, 3.8) is 0 Å². The largest absolute Gasteiger partial charge is 0.335 e. The molecule has 0 unspecified atom stereocenters. The van der Waals surface area contributed by atoms with Gasteiger partial charge in [-0.25, -0.2) is 0 Å². The highest BCUT2D eigenvalue weighted by atomic mass is 32.2. The summed E-state index contributed by atoms with van der Waals surface area (Å²) in [6, 6.07) is 11.5. The smallest absolute Gasteiger partial charge is 0.264 e. The van der Waals surface area contributed by atoms with E-state index in [1.807, 2.05) is 52.9 Å². The molecule has 132 valence electrons. The quantitative estimate of drug-likeness (QED) is 0.817. The minimum atomic E-state index is -0.0143. The van der Waals surface area contributed by atoms with E-state index in [9.17, 15) is 9.59 Å². The Balaban J connectivity index is 1.49. The van der Waals surface area contributed by atoms with Gasteiger partial charge < -0.3 is 10.2 Å². The van der Waals surface area contributed by atoms with Crippen molar-refractivity contribution < 1.29 is 9.59 Å².